The summed E-state index contributed by atoms with van der Waals surface area (Å²) in [6.07, 6.45) is 0.544. The number of aromatic carboxylic acids is 1. The molecule has 0 aliphatic rings. The minimum atomic E-state index is -1.34. The maximum Gasteiger partial charge on any atom is 0.429 e. The molecular formula is C15H19N3O6. The van der Waals surface area contributed by atoms with Crippen LogP contribution in [0.3, 0.4) is 0 Å². The minimum Gasteiger partial charge on any atom is -0.478 e. The Morgan fingerprint density at radius 3 is 2.54 bits per heavy atom. The number of nitrogens with one attached hydrogen (secondary N) is 1. The highest BCUT2D eigenvalue weighted by Gasteiger charge is 2.28. The van der Waals surface area contributed by atoms with Crippen LogP contribution in [-0.2, 0) is 4.74 Å². The lowest BCUT2D eigenvalue weighted by Gasteiger charge is -2.28. The van der Waals surface area contributed by atoms with Gasteiger partial charge in [0.2, 0.25) is 0 Å². The smallest absolute Gasteiger partial charge is 0.429 e. The van der Waals surface area contributed by atoms with Gasteiger partial charge in [-0.05, 0) is 26.8 Å². The molecule has 0 aromatic heterocycles. The number of carbonyl (C=O) groups excluding carboxylic acids is 1. The first-order valence-corrected chi connectivity index (χ1v) is 6.96. The molecule has 24 heavy (non-hydrogen) atoms. The molecule has 0 fully saturated rings. The number of amides is 1. The van der Waals surface area contributed by atoms with Crippen molar-refractivity contribution in [2.45, 2.75) is 26.4 Å². The normalized spacial score (nSPS) is 10.8. The fraction of sp³-hybridized carbons (Fsp3) is 0.333. The Hall–Kier alpha value is -2.94. The molecule has 2 N–H and O–H groups in total. The number of benzene rings is 1. The average molecular weight is 337 g/mol. The van der Waals surface area contributed by atoms with Gasteiger partial charge in [-0.1, -0.05) is 6.08 Å². The van der Waals surface area contributed by atoms with Crippen molar-refractivity contribution < 1.29 is 24.4 Å². The van der Waals surface area contributed by atoms with Crippen LogP contribution in [0.1, 0.15) is 31.1 Å². The van der Waals surface area contributed by atoms with E-state index in [-0.39, 0.29) is 23.5 Å². The molecule has 0 bridgehead atoms. The quantitative estimate of drug-likeness (QED) is 0.465. The molecule has 1 amide bonds. The van der Waals surface area contributed by atoms with Crippen LogP contribution in [0.15, 0.2) is 30.9 Å². The van der Waals surface area contributed by atoms with Gasteiger partial charge in [0.25, 0.3) is 5.69 Å². The number of carbonyl (C=O) groups is 2. The van der Waals surface area contributed by atoms with Gasteiger partial charge in [0.1, 0.15) is 5.60 Å². The first-order valence-electron chi connectivity index (χ1n) is 6.96. The predicted molar refractivity (Wildman–Crippen MR) is 87.0 cm³/mol. The maximum absolute atomic E-state index is 12.4. The summed E-state index contributed by atoms with van der Waals surface area (Å²) < 4.78 is 5.21. The highest BCUT2D eigenvalue weighted by Crippen LogP contribution is 2.27. The Kier molecular flexibility index (Phi) is 6.01. The number of hydrazine groups is 1. The maximum atomic E-state index is 12.4. The molecule has 9 heteroatoms. The van der Waals surface area contributed by atoms with Gasteiger partial charge in [0.15, 0.2) is 0 Å². The topological polar surface area (TPSA) is 122 Å². The van der Waals surface area contributed by atoms with Crippen molar-refractivity contribution in [3.63, 3.8) is 0 Å². The van der Waals surface area contributed by atoms with Crippen molar-refractivity contribution >= 4 is 23.4 Å². The van der Waals surface area contributed by atoms with E-state index in [0.717, 1.165) is 23.2 Å². The van der Waals surface area contributed by atoms with E-state index >= 15 is 0 Å². The number of hydrogen-bond donors (Lipinski definition) is 2. The molecular weight excluding hydrogens is 318 g/mol. The number of non-ortho nitro benzene ring substituents is 1. The van der Waals surface area contributed by atoms with Crippen LogP contribution in [0.2, 0.25) is 0 Å². The molecule has 0 aliphatic carbocycles. The molecule has 1 rings (SSSR count). The zero-order valence-electron chi connectivity index (χ0n) is 13.6. The van der Waals surface area contributed by atoms with Crippen molar-refractivity contribution in [2.75, 3.05) is 11.6 Å². The second kappa shape index (κ2) is 7.55. The zero-order valence-corrected chi connectivity index (χ0v) is 13.6. The molecule has 9 nitrogen and oxygen atoms in total. The lowest BCUT2D eigenvalue weighted by Crippen LogP contribution is -2.46. The van der Waals surface area contributed by atoms with Gasteiger partial charge in [-0.25, -0.2) is 20.0 Å². The second-order valence-corrected chi connectivity index (χ2v) is 5.73. The van der Waals surface area contributed by atoms with E-state index in [2.05, 4.69) is 12.0 Å². The van der Waals surface area contributed by atoms with Gasteiger partial charge in [-0.15, -0.1) is 6.58 Å². The van der Waals surface area contributed by atoms with Gasteiger partial charge < -0.3 is 9.84 Å². The van der Waals surface area contributed by atoms with E-state index < -0.39 is 22.6 Å². The number of hydrogen-bond acceptors (Lipinski definition) is 6. The van der Waals surface area contributed by atoms with Crippen LogP contribution >= 0.6 is 0 Å². The number of nitro benzene ring substituents is 1. The lowest BCUT2D eigenvalue weighted by molar-refractivity contribution is -0.384. The fourth-order valence-electron chi connectivity index (χ4n) is 1.71. The highest BCUT2D eigenvalue weighted by atomic mass is 16.6. The number of carboxylic acid groups (broad SMARTS) is 1. The van der Waals surface area contributed by atoms with Crippen LogP contribution in [0, 0.1) is 10.1 Å². The Balaban J connectivity index is 3.41. The first kappa shape index (κ1) is 19.1. The van der Waals surface area contributed by atoms with Crippen LogP contribution < -0.4 is 10.4 Å². The van der Waals surface area contributed by atoms with Crippen molar-refractivity contribution in [2.24, 2.45) is 0 Å². The number of rotatable bonds is 6. The number of ether oxygens (including phenoxy) is 1. The van der Waals surface area contributed by atoms with Gasteiger partial charge in [-0.3, -0.25) is 10.1 Å². The monoisotopic (exact) mass is 337 g/mol. The summed E-state index contributed by atoms with van der Waals surface area (Å²) in [6, 6.07) is 3.10. The van der Waals surface area contributed by atoms with E-state index in [1.165, 1.54) is 6.08 Å². The third-order valence-corrected chi connectivity index (χ3v) is 2.63. The van der Waals surface area contributed by atoms with Crippen molar-refractivity contribution in [3.8, 4) is 0 Å². The molecule has 0 heterocycles. The van der Waals surface area contributed by atoms with E-state index in [1.54, 1.807) is 20.8 Å². The molecule has 0 unspecified atom stereocenters. The highest BCUT2D eigenvalue weighted by molar-refractivity contribution is 6.00. The van der Waals surface area contributed by atoms with Crippen molar-refractivity contribution in [3.05, 3.63) is 46.5 Å². The number of nitro groups is 1. The zero-order chi connectivity index (χ0) is 18.5. The first-order chi connectivity index (χ1) is 11.1. The third kappa shape index (κ3) is 5.06. The fourth-order valence-corrected chi connectivity index (χ4v) is 1.71. The van der Waals surface area contributed by atoms with Crippen LogP contribution in [0.4, 0.5) is 16.2 Å². The minimum absolute atomic E-state index is 0.112. The predicted octanol–water partition coefficient (Wildman–Crippen LogP) is 2.73. The molecule has 0 saturated carbocycles. The van der Waals surface area contributed by atoms with E-state index in [4.69, 9.17) is 4.74 Å². The second-order valence-electron chi connectivity index (χ2n) is 5.73. The summed E-state index contributed by atoms with van der Waals surface area (Å²) in [5, 5.41) is 21.1. The van der Waals surface area contributed by atoms with E-state index in [1.807, 2.05) is 0 Å². The number of carboxylic acids is 1. The summed E-state index contributed by atoms with van der Waals surface area (Å²) in [5.74, 6) is -1.34. The number of anilines is 1. The molecule has 0 radical (unpaired) electrons. The van der Waals surface area contributed by atoms with Crippen molar-refractivity contribution in [1.29, 1.82) is 0 Å². The van der Waals surface area contributed by atoms with Crippen LogP contribution in [0.5, 0.6) is 0 Å². The third-order valence-electron chi connectivity index (χ3n) is 2.63. The molecule has 130 valence electrons. The summed E-state index contributed by atoms with van der Waals surface area (Å²) >= 11 is 0. The lowest BCUT2D eigenvalue weighted by atomic mass is 10.1. The summed E-state index contributed by atoms with van der Waals surface area (Å²) in [7, 11) is 0. The summed E-state index contributed by atoms with van der Waals surface area (Å²) in [5.41, 5.74) is 0.939. The van der Waals surface area contributed by atoms with Gasteiger partial charge >= 0.3 is 12.1 Å². The van der Waals surface area contributed by atoms with E-state index in [9.17, 15) is 24.8 Å². The number of nitrogens with zero attached hydrogens (tertiary/aromatic N) is 2. The SMILES string of the molecule is C=CCNN(C(=O)OC(C)(C)C)c1cc([N+](=O)[O-])ccc1C(=O)O. The molecule has 1 aromatic carbocycles. The van der Waals surface area contributed by atoms with Crippen LogP contribution in [-0.4, -0.2) is 34.2 Å². The standard InChI is InChI=1S/C15H19N3O6/c1-5-8-16-17(14(21)24-15(2,3)4)12-9-10(18(22)23)6-7-11(12)13(19)20/h5-7,9,16H,1,8H2,2-4H3,(H,19,20). The van der Waals surface area contributed by atoms with E-state index in [0.29, 0.717) is 0 Å². The van der Waals surface area contributed by atoms with Crippen LogP contribution in [0.25, 0.3) is 0 Å². The Bertz CT molecular complexity index is 666. The molecule has 1 aromatic rings. The van der Waals surface area contributed by atoms with Gasteiger partial charge in [-0.2, -0.15) is 0 Å². The van der Waals surface area contributed by atoms with Gasteiger partial charge in [0, 0.05) is 18.7 Å². The largest absolute Gasteiger partial charge is 0.478 e. The average Bonchev–Trinajstić information content (AvgIpc) is 2.45. The Morgan fingerprint density at radius 2 is 2.08 bits per heavy atom. The summed E-state index contributed by atoms with van der Waals surface area (Å²) in [4.78, 5) is 34.0. The Morgan fingerprint density at radius 1 is 1.46 bits per heavy atom. The van der Waals surface area contributed by atoms with Gasteiger partial charge in [0.05, 0.1) is 16.2 Å². The summed E-state index contributed by atoms with van der Waals surface area (Å²) in [6.45, 7) is 8.53. The van der Waals surface area contributed by atoms with Crippen molar-refractivity contribution in [1.82, 2.24) is 5.43 Å². The molecule has 0 spiro atoms. The molecule has 0 aliphatic heterocycles. The molecule has 0 atom stereocenters. The molecule has 0 saturated heterocycles. The Labute approximate surface area is 138 Å².